The molecule has 284 valence electrons. The molecular formula is C38H74NO8P. The minimum absolute atomic E-state index is 0.0298. The highest BCUT2D eigenvalue weighted by atomic mass is 31.2. The van der Waals surface area contributed by atoms with Gasteiger partial charge in [-0.3, -0.25) is 14.2 Å². The van der Waals surface area contributed by atoms with E-state index >= 15 is 0 Å². The summed E-state index contributed by atoms with van der Waals surface area (Å²) in [6.07, 6.45) is 29.5. The number of phosphoric acid groups is 1. The molecule has 0 aromatic rings. The second kappa shape index (κ2) is 31.7. The fourth-order valence-corrected chi connectivity index (χ4v) is 5.91. The van der Waals surface area contributed by atoms with Crippen LogP contribution < -0.4 is 4.89 Å². The molecule has 2 atom stereocenters. The summed E-state index contributed by atoms with van der Waals surface area (Å²) in [5, 5.41) is 0. The lowest BCUT2D eigenvalue weighted by atomic mass is 10.1. The number of rotatable bonds is 35. The standard InChI is InChI=1S/C38H74NO8P/c1-6-8-10-12-14-16-18-19-21-23-25-27-29-31-38(41)47-36(35-46-48(42,43)45-33-32-39(3,4)5)34-44-37(40)30-28-26-24-22-20-17-15-13-11-9-7-2/h16,18,36H,6-15,17,19-35H2,1-5H3/b18-16-. The van der Waals surface area contributed by atoms with Crippen LogP contribution in [0.2, 0.25) is 0 Å². The number of quaternary nitrogens is 1. The molecule has 0 spiro atoms. The molecule has 0 aromatic carbocycles. The van der Waals surface area contributed by atoms with Gasteiger partial charge in [0.25, 0.3) is 7.82 Å². The molecule has 0 amide bonds. The maximum absolute atomic E-state index is 12.6. The Hall–Kier alpha value is -1.25. The molecule has 0 fully saturated rings. The molecule has 0 aliphatic heterocycles. The lowest BCUT2D eigenvalue weighted by Crippen LogP contribution is -2.37. The third kappa shape index (κ3) is 34.6. The molecule has 0 bridgehead atoms. The average Bonchev–Trinajstić information content (AvgIpc) is 3.02. The summed E-state index contributed by atoms with van der Waals surface area (Å²) in [6.45, 7) is 4.18. The Kier molecular flexibility index (Phi) is 30.9. The zero-order valence-electron chi connectivity index (χ0n) is 31.7. The van der Waals surface area contributed by atoms with Gasteiger partial charge in [-0.1, -0.05) is 129 Å². The number of hydrogen-bond donors (Lipinski definition) is 0. The van der Waals surface area contributed by atoms with Crippen LogP contribution in [0.4, 0.5) is 0 Å². The van der Waals surface area contributed by atoms with Gasteiger partial charge in [0.1, 0.15) is 19.8 Å². The molecule has 0 aliphatic carbocycles. The third-order valence-corrected chi connectivity index (χ3v) is 9.25. The van der Waals surface area contributed by atoms with Crippen LogP contribution in [0, 0.1) is 0 Å². The van der Waals surface area contributed by atoms with Gasteiger partial charge in [-0.05, 0) is 38.5 Å². The smallest absolute Gasteiger partial charge is 0.306 e. The first-order valence-corrected chi connectivity index (χ1v) is 20.9. The zero-order valence-corrected chi connectivity index (χ0v) is 32.6. The van der Waals surface area contributed by atoms with E-state index in [1.807, 2.05) is 21.1 Å². The Balaban J connectivity index is 4.44. The van der Waals surface area contributed by atoms with Gasteiger partial charge in [0.2, 0.25) is 0 Å². The molecule has 9 nitrogen and oxygen atoms in total. The predicted octanol–water partition coefficient (Wildman–Crippen LogP) is 9.61. The molecule has 0 aromatic heterocycles. The van der Waals surface area contributed by atoms with E-state index in [4.69, 9.17) is 18.5 Å². The summed E-state index contributed by atoms with van der Waals surface area (Å²) < 4.78 is 33.7. The first-order chi connectivity index (χ1) is 23.0. The van der Waals surface area contributed by atoms with Crippen molar-refractivity contribution in [2.24, 2.45) is 0 Å². The molecule has 0 heterocycles. The van der Waals surface area contributed by atoms with Crippen LogP contribution in [0.1, 0.15) is 168 Å². The van der Waals surface area contributed by atoms with Gasteiger partial charge in [0.15, 0.2) is 6.10 Å². The molecule has 0 saturated carbocycles. The second-order valence-corrected chi connectivity index (χ2v) is 15.7. The van der Waals surface area contributed by atoms with Crippen LogP contribution in [0.3, 0.4) is 0 Å². The SMILES string of the molecule is CCCCCC/C=C\CCCCCCCC(=O)OC(COC(=O)CCCCCCCCCCCCC)COP(=O)([O-])OCC[N+](C)(C)C. The molecule has 2 unspecified atom stereocenters. The predicted molar refractivity (Wildman–Crippen MR) is 195 cm³/mol. The van der Waals surface area contributed by atoms with Crippen molar-refractivity contribution in [2.75, 3.05) is 47.5 Å². The number of unbranched alkanes of at least 4 members (excludes halogenated alkanes) is 19. The van der Waals surface area contributed by atoms with E-state index in [0.29, 0.717) is 17.4 Å². The Morgan fingerprint density at radius 3 is 1.56 bits per heavy atom. The number of esters is 2. The van der Waals surface area contributed by atoms with Crippen LogP contribution in [0.15, 0.2) is 12.2 Å². The molecule has 0 saturated heterocycles. The molecule has 10 heteroatoms. The number of phosphoric ester groups is 1. The van der Waals surface area contributed by atoms with Gasteiger partial charge in [0, 0.05) is 12.8 Å². The number of allylic oxidation sites excluding steroid dienone is 2. The average molecular weight is 704 g/mol. The summed E-state index contributed by atoms with van der Waals surface area (Å²) in [6, 6.07) is 0. The van der Waals surface area contributed by atoms with Crippen LogP contribution in [0.25, 0.3) is 0 Å². The first-order valence-electron chi connectivity index (χ1n) is 19.4. The Bertz CT molecular complexity index is 845. The zero-order chi connectivity index (χ0) is 35.8. The number of carbonyl (C=O) groups is 2. The van der Waals surface area contributed by atoms with Crippen molar-refractivity contribution in [1.29, 1.82) is 0 Å². The van der Waals surface area contributed by atoms with E-state index in [0.717, 1.165) is 51.4 Å². The second-order valence-electron chi connectivity index (χ2n) is 14.3. The fourth-order valence-electron chi connectivity index (χ4n) is 5.18. The molecule has 0 rings (SSSR count). The molecule has 0 N–H and O–H groups in total. The van der Waals surface area contributed by atoms with Gasteiger partial charge in [-0.25, -0.2) is 0 Å². The summed E-state index contributed by atoms with van der Waals surface area (Å²) in [5.41, 5.74) is 0. The van der Waals surface area contributed by atoms with Crippen molar-refractivity contribution >= 4 is 19.8 Å². The largest absolute Gasteiger partial charge is 0.756 e. The molecule has 48 heavy (non-hydrogen) atoms. The third-order valence-electron chi connectivity index (χ3n) is 8.29. The summed E-state index contributed by atoms with van der Waals surface area (Å²) in [4.78, 5) is 37.3. The highest BCUT2D eigenvalue weighted by molar-refractivity contribution is 7.45. The van der Waals surface area contributed by atoms with Crippen molar-refractivity contribution in [3.05, 3.63) is 12.2 Å². The Labute approximate surface area is 295 Å². The van der Waals surface area contributed by atoms with E-state index in [9.17, 15) is 19.0 Å². The van der Waals surface area contributed by atoms with Gasteiger partial charge in [0.05, 0.1) is 27.7 Å². The summed E-state index contributed by atoms with van der Waals surface area (Å²) in [7, 11) is 1.16. The van der Waals surface area contributed by atoms with E-state index in [-0.39, 0.29) is 32.0 Å². The lowest BCUT2D eigenvalue weighted by molar-refractivity contribution is -0.870. The normalized spacial score (nSPS) is 13.9. The highest BCUT2D eigenvalue weighted by Gasteiger charge is 2.21. The monoisotopic (exact) mass is 704 g/mol. The van der Waals surface area contributed by atoms with E-state index in [1.165, 1.54) is 83.5 Å². The number of nitrogens with zero attached hydrogens (tertiary/aromatic N) is 1. The number of hydrogen-bond acceptors (Lipinski definition) is 8. The summed E-state index contributed by atoms with van der Waals surface area (Å²) in [5.74, 6) is -0.842. The van der Waals surface area contributed by atoms with Crippen LogP contribution >= 0.6 is 7.82 Å². The van der Waals surface area contributed by atoms with E-state index in [1.54, 1.807) is 0 Å². The number of likely N-dealkylation sites (N-methyl/N-ethyl adjacent to an activating group) is 1. The number of ether oxygens (including phenoxy) is 2. The van der Waals surface area contributed by atoms with Crippen molar-refractivity contribution in [2.45, 2.75) is 174 Å². The van der Waals surface area contributed by atoms with Crippen molar-refractivity contribution in [3.8, 4) is 0 Å². The number of carbonyl (C=O) groups excluding carboxylic acids is 2. The van der Waals surface area contributed by atoms with Crippen molar-refractivity contribution < 1.29 is 42.1 Å². The molecule has 0 aliphatic rings. The quantitative estimate of drug-likeness (QED) is 0.0211. The maximum Gasteiger partial charge on any atom is 0.306 e. The topological polar surface area (TPSA) is 111 Å². The summed E-state index contributed by atoms with van der Waals surface area (Å²) >= 11 is 0. The Morgan fingerprint density at radius 1 is 0.625 bits per heavy atom. The minimum atomic E-state index is -4.61. The first kappa shape index (κ1) is 46.8. The maximum atomic E-state index is 12.6. The highest BCUT2D eigenvalue weighted by Crippen LogP contribution is 2.38. The van der Waals surface area contributed by atoms with Gasteiger partial charge < -0.3 is 27.9 Å². The van der Waals surface area contributed by atoms with Crippen molar-refractivity contribution in [3.63, 3.8) is 0 Å². The molecular weight excluding hydrogens is 629 g/mol. The fraction of sp³-hybridized carbons (Fsp3) is 0.895. The van der Waals surface area contributed by atoms with E-state index < -0.39 is 26.5 Å². The molecule has 0 radical (unpaired) electrons. The minimum Gasteiger partial charge on any atom is -0.756 e. The van der Waals surface area contributed by atoms with Gasteiger partial charge >= 0.3 is 11.9 Å². The van der Waals surface area contributed by atoms with Gasteiger partial charge in [-0.2, -0.15) is 0 Å². The van der Waals surface area contributed by atoms with Crippen LogP contribution in [-0.4, -0.2) is 70.0 Å². The van der Waals surface area contributed by atoms with Crippen LogP contribution in [-0.2, 0) is 32.7 Å². The van der Waals surface area contributed by atoms with E-state index in [2.05, 4.69) is 26.0 Å². The van der Waals surface area contributed by atoms with Gasteiger partial charge in [-0.15, -0.1) is 0 Å². The van der Waals surface area contributed by atoms with Crippen LogP contribution in [0.5, 0.6) is 0 Å². The van der Waals surface area contributed by atoms with Crippen molar-refractivity contribution in [1.82, 2.24) is 0 Å². The lowest BCUT2D eigenvalue weighted by Gasteiger charge is -2.28. The Morgan fingerprint density at radius 2 is 1.06 bits per heavy atom.